The molecule has 2 aromatic rings. The molecule has 2 aromatic carbocycles. The van der Waals surface area contributed by atoms with E-state index >= 15 is 0 Å². The first-order chi connectivity index (χ1) is 13.5. The highest BCUT2D eigenvalue weighted by atomic mass is 16.5. The Morgan fingerprint density at radius 2 is 1.75 bits per heavy atom. The molecule has 1 heterocycles. The molecule has 1 saturated heterocycles. The van der Waals surface area contributed by atoms with Crippen molar-refractivity contribution in [2.24, 2.45) is 5.92 Å². The second-order valence-electron chi connectivity index (χ2n) is 7.44. The smallest absolute Gasteiger partial charge is 0.225 e. The number of hydrogen-bond acceptors (Lipinski definition) is 3. The lowest BCUT2D eigenvalue weighted by Gasteiger charge is -2.17. The Bertz CT molecular complexity index is 815. The van der Waals surface area contributed by atoms with Gasteiger partial charge in [0.15, 0.2) is 0 Å². The molecule has 0 spiro atoms. The summed E-state index contributed by atoms with van der Waals surface area (Å²) in [5.74, 6) is 0.651. The quantitative estimate of drug-likeness (QED) is 0.802. The van der Waals surface area contributed by atoms with Crippen LogP contribution in [0, 0.1) is 5.92 Å². The number of nitrogens with one attached hydrogen (secondary N) is 1. The monoisotopic (exact) mass is 380 g/mol. The Morgan fingerprint density at radius 1 is 1.14 bits per heavy atom. The van der Waals surface area contributed by atoms with E-state index in [-0.39, 0.29) is 23.8 Å². The topological polar surface area (TPSA) is 58.6 Å². The van der Waals surface area contributed by atoms with Gasteiger partial charge in [-0.2, -0.15) is 0 Å². The van der Waals surface area contributed by atoms with Gasteiger partial charge in [0, 0.05) is 26.1 Å². The van der Waals surface area contributed by atoms with Gasteiger partial charge in [-0.3, -0.25) is 9.59 Å². The van der Waals surface area contributed by atoms with Gasteiger partial charge in [0.1, 0.15) is 5.75 Å². The Labute approximate surface area is 166 Å². The first kappa shape index (κ1) is 19.9. The Kier molecular flexibility index (Phi) is 6.34. The third-order valence-corrected chi connectivity index (χ3v) is 5.09. The summed E-state index contributed by atoms with van der Waals surface area (Å²) in [6.45, 7) is 5.14. The number of carbonyl (C=O) groups is 2. The van der Waals surface area contributed by atoms with Crippen molar-refractivity contribution in [3.8, 4) is 16.9 Å². The van der Waals surface area contributed by atoms with Crippen molar-refractivity contribution < 1.29 is 14.3 Å². The molecule has 5 nitrogen and oxygen atoms in total. The van der Waals surface area contributed by atoms with Crippen molar-refractivity contribution in [1.29, 1.82) is 0 Å². The van der Waals surface area contributed by atoms with Crippen molar-refractivity contribution in [2.45, 2.75) is 32.7 Å². The summed E-state index contributed by atoms with van der Waals surface area (Å²) in [6, 6.07) is 16.5. The van der Waals surface area contributed by atoms with E-state index < -0.39 is 0 Å². The highest BCUT2D eigenvalue weighted by molar-refractivity contribution is 5.89. The fraction of sp³-hybridized carbons (Fsp3) is 0.391. The zero-order valence-electron chi connectivity index (χ0n) is 16.8. The molecule has 148 valence electrons. The van der Waals surface area contributed by atoms with Crippen LogP contribution in [0.5, 0.6) is 5.75 Å². The van der Waals surface area contributed by atoms with Crippen molar-refractivity contribution >= 4 is 11.8 Å². The maximum absolute atomic E-state index is 12.3. The van der Waals surface area contributed by atoms with E-state index in [0.29, 0.717) is 19.6 Å². The normalized spacial score (nSPS) is 17.5. The first-order valence-electron chi connectivity index (χ1n) is 9.82. The Balaban J connectivity index is 1.55. The summed E-state index contributed by atoms with van der Waals surface area (Å²) in [5, 5.41) is 3.04. The predicted molar refractivity (Wildman–Crippen MR) is 110 cm³/mol. The van der Waals surface area contributed by atoms with E-state index in [9.17, 15) is 9.59 Å². The molecule has 0 bridgehead atoms. The number of hydrogen-bond donors (Lipinski definition) is 1. The number of ether oxygens (including phenoxy) is 1. The molecule has 1 aliphatic heterocycles. The highest BCUT2D eigenvalue weighted by Crippen LogP contribution is 2.23. The van der Waals surface area contributed by atoms with Crippen LogP contribution in [0.4, 0.5) is 0 Å². The van der Waals surface area contributed by atoms with Gasteiger partial charge in [-0.05, 0) is 49.1 Å². The molecule has 1 aliphatic rings. The summed E-state index contributed by atoms with van der Waals surface area (Å²) < 4.78 is 5.48. The van der Waals surface area contributed by atoms with E-state index in [2.05, 4.69) is 41.7 Å². The number of benzene rings is 2. The second-order valence-corrected chi connectivity index (χ2v) is 7.44. The summed E-state index contributed by atoms with van der Waals surface area (Å²) in [7, 11) is 1.74. The van der Waals surface area contributed by atoms with Crippen LogP contribution in [0.2, 0.25) is 0 Å². The number of carbonyl (C=O) groups excluding carboxylic acids is 2. The number of likely N-dealkylation sites (tertiary alicyclic amines) is 1. The zero-order valence-corrected chi connectivity index (χ0v) is 16.8. The summed E-state index contributed by atoms with van der Waals surface area (Å²) in [5.41, 5.74) is 3.46. The minimum atomic E-state index is -0.234. The lowest BCUT2D eigenvalue weighted by Crippen LogP contribution is -2.39. The number of nitrogens with zero attached hydrogens (tertiary/aromatic N) is 1. The van der Waals surface area contributed by atoms with E-state index in [1.807, 2.05) is 26.0 Å². The Morgan fingerprint density at radius 3 is 2.29 bits per heavy atom. The molecule has 0 aliphatic carbocycles. The Hall–Kier alpha value is -2.82. The van der Waals surface area contributed by atoms with E-state index in [1.54, 1.807) is 11.9 Å². The first-order valence-corrected chi connectivity index (χ1v) is 9.82. The van der Waals surface area contributed by atoms with Crippen LogP contribution in [0.15, 0.2) is 48.5 Å². The van der Waals surface area contributed by atoms with Crippen LogP contribution >= 0.6 is 0 Å². The standard InChI is InChI=1S/C23H28N2O3/c1-4-28-21-11-9-19(10-12-21)18-7-5-17(6-8-18)13-16(2)24-23(27)20-14-22(26)25(3)15-20/h5-12,16,20H,4,13-15H2,1-3H3,(H,24,27). The molecule has 1 N–H and O–H groups in total. The molecule has 0 saturated carbocycles. The molecule has 0 aromatic heterocycles. The van der Waals surface area contributed by atoms with Gasteiger partial charge >= 0.3 is 0 Å². The zero-order chi connectivity index (χ0) is 20.1. The van der Waals surface area contributed by atoms with Gasteiger partial charge in [-0.15, -0.1) is 0 Å². The van der Waals surface area contributed by atoms with Crippen LogP contribution in [0.1, 0.15) is 25.8 Å². The van der Waals surface area contributed by atoms with Crippen molar-refractivity contribution in [1.82, 2.24) is 10.2 Å². The molecule has 2 atom stereocenters. The van der Waals surface area contributed by atoms with E-state index in [1.165, 1.54) is 5.56 Å². The number of amides is 2. The van der Waals surface area contributed by atoms with Gasteiger partial charge in [0.25, 0.3) is 0 Å². The summed E-state index contributed by atoms with van der Waals surface area (Å²) >= 11 is 0. The average Bonchev–Trinajstić information content (AvgIpc) is 3.02. The molecule has 2 unspecified atom stereocenters. The van der Waals surface area contributed by atoms with Crippen molar-refractivity contribution in [2.75, 3.05) is 20.2 Å². The minimum absolute atomic E-state index is 0.0184. The molecule has 1 fully saturated rings. The van der Waals surface area contributed by atoms with Gasteiger partial charge < -0.3 is 15.0 Å². The van der Waals surface area contributed by atoms with E-state index in [0.717, 1.165) is 23.3 Å². The van der Waals surface area contributed by atoms with Crippen molar-refractivity contribution in [3.05, 3.63) is 54.1 Å². The van der Waals surface area contributed by atoms with Crippen LogP contribution in [-0.2, 0) is 16.0 Å². The van der Waals surface area contributed by atoms with Gasteiger partial charge in [0.05, 0.1) is 12.5 Å². The molecule has 28 heavy (non-hydrogen) atoms. The van der Waals surface area contributed by atoms with Crippen molar-refractivity contribution in [3.63, 3.8) is 0 Å². The molecule has 5 heteroatoms. The highest BCUT2D eigenvalue weighted by Gasteiger charge is 2.32. The average molecular weight is 380 g/mol. The molecule has 3 rings (SSSR count). The fourth-order valence-corrected chi connectivity index (χ4v) is 3.55. The van der Waals surface area contributed by atoms with Crippen LogP contribution in [0.3, 0.4) is 0 Å². The van der Waals surface area contributed by atoms with Crippen LogP contribution < -0.4 is 10.1 Å². The lowest BCUT2D eigenvalue weighted by atomic mass is 10.0. The molecule has 2 amide bonds. The van der Waals surface area contributed by atoms with Crippen LogP contribution in [0.25, 0.3) is 11.1 Å². The third kappa shape index (κ3) is 4.91. The molecular weight excluding hydrogens is 352 g/mol. The van der Waals surface area contributed by atoms with Gasteiger partial charge in [-0.1, -0.05) is 36.4 Å². The maximum Gasteiger partial charge on any atom is 0.225 e. The fourth-order valence-electron chi connectivity index (χ4n) is 3.55. The van der Waals surface area contributed by atoms with Gasteiger partial charge in [0.2, 0.25) is 11.8 Å². The third-order valence-electron chi connectivity index (χ3n) is 5.09. The summed E-state index contributed by atoms with van der Waals surface area (Å²) in [6.07, 6.45) is 1.07. The predicted octanol–water partition coefficient (Wildman–Crippen LogP) is 3.28. The molecular formula is C23H28N2O3. The molecule has 0 radical (unpaired) electrons. The SMILES string of the molecule is CCOc1ccc(-c2ccc(CC(C)NC(=O)C3CC(=O)N(C)C3)cc2)cc1. The van der Waals surface area contributed by atoms with Crippen LogP contribution in [-0.4, -0.2) is 43.0 Å². The maximum atomic E-state index is 12.3. The van der Waals surface area contributed by atoms with Gasteiger partial charge in [-0.25, -0.2) is 0 Å². The second kappa shape index (κ2) is 8.91. The van der Waals surface area contributed by atoms with E-state index in [4.69, 9.17) is 4.74 Å². The lowest BCUT2D eigenvalue weighted by molar-refractivity contribution is -0.128. The minimum Gasteiger partial charge on any atom is -0.494 e. The summed E-state index contributed by atoms with van der Waals surface area (Å²) in [4.78, 5) is 25.6. The number of rotatable bonds is 7. The largest absolute Gasteiger partial charge is 0.494 e.